The average molecular weight is 512 g/mol. The molecule has 1 heterocycles. The molecule has 0 aliphatic rings. The summed E-state index contributed by atoms with van der Waals surface area (Å²) >= 11 is 7.38. The first kappa shape index (κ1) is 23.9. The molecular formula is C29H22ClN3O2S. The molecule has 1 aromatic heterocycles. The second kappa shape index (κ2) is 10.8. The summed E-state index contributed by atoms with van der Waals surface area (Å²) < 4.78 is 1.54. The van der Waals surface area contributed by atoms with Crippen LogP contribution in [0.1, 0.15) is 17.2 Å². The molecule has 0 saturated heterocycles. The summed E-state index contributed by atoms with van der Waals surface area (Å²) in [5.74, 6) is -0.0839. The maximum absolute atomic E-state index is 13.4. The molecule has 0 radical (unpaired) electrons. The summed E-state index contributed by atoms with van der Waals surface area (Å²) in [6, 6.07) is 33.7. The van der Waals surface area contributed by atoms with Crippen LogP contribution in [0.15, 0.2) is 119 Å². The Morgan fingerprint density at radius 1 is 0.861 bits per heavy atom. The van der Waals surface area contributed by atoms with Crippen LogP contribution in [0.2, 0.25) is 5.02 Å². The van der Waals surface area contributed by atoms with Crippen LogP contribution in [-0.4, -0.2) is 21.2 Å². The fraction of sp³-hybridized carbons (Fsp3) is 0.0690. The highest BCUT2D eigenvalue weighted by Gasteiger charge is 2.19. The summed E-state index contributed by atoms with van der Waals surface area (Å²) in [7, 11) is 0. The van der Waals surface area contributed by atoms with E-state index in [4.69, 9.17) is 16.6 Å². The number of rotatable bonds is 7. The van der Waals surface area contributed by atoms with Crippen molar-refractivity contribution in [2.75, 3.05) is 5.75 Å². The molecule has 0 aliphatic carbocycles. The Kier molecular flexibility index (Phi) is 7.16. The first-order valence-corrected chi connectivity index (χ1v) is 12.8. The Labute approximate surface area is 217 Å². The molecule has 0 atom stereocenters. The lowest BCUT2D eigenvalue weighted by Crippen LogP contribution is -2.31. The van der Waals surface area contributed by atoms with E-state index in [0.29, 0.717) is 26.8 Å². The number of thioether (sulfide) groups is 1. The van der Waals surface area contributed by atoms with Crippen molar-refractivity contribution in [1.29, 1.82) is 0 Å². The molecule has 0 aliphatic heterocycles. The van der Waals surface area contributed by atoms with Gasteiger partial charge in [-0.2, -0.15) is 0 Å². The third kappa shape index (κ3) is 5.20. The number of para-hydroxylation sites is 1. The van der Waals surface area contributed by atoms with Crippen LogP contribution in [0.4, 0.5) is 0 Å². The lowest BCUT2D eigenvalue weighted by Gasteiger charge is -2.20. The van der Waals surface area contributed by atoms with Crippen molar-refractivity contribution in [2.24, 2.45) is 0 Å². The minimum absolute atomic E-state index is 0.0848. The summed E-state index contributed by atoms with van der Waals surface area (Å²) in [5, 5.41) is 4.52. The summed E-state index contributed by atoms with van der Waals surface area (Å²) in [4.78, 5) is 31.3. The largest absolute Gasteiger partial charge is 0.344 e. The van der Waals surface area contributed by atoms with Crippen LogP contribution in [0.5, 0.6) is 0 Å². The van der Waals surface area contributed by atoms with E-state index < -0.39 is 0 Å². The Bertz CT molecular complexity index is 1520. The molecular weight excluding hydrogens is 490 g/mol. The quantitative estimate of drug-likeness (QED) is 0.214. The molecule has 0 unspecified atom stereocenters. The molecule has 5 aromatic rings. The van der Waals surface area contributed by atoms with Gasteiger partial charge in [0, 0.05) is 5.02 Å². The maximum atomic E-state index is 13.4. The van der Waals surface area contributed by atoms with E-state index in [1.807, 2.05) is 91.0 Å². The van der Waals surface area contributed by atoms with E-state index >= 15 is 0 Å². The lowest BCUT2D eigenvalue weighted by molar-refractivity contribution is -0.119. The SMILES string of the molecule is O=C(CSc1nc2cc(Cl)ccc2c(=O)n1-c1ccccc1)NC(c1ccccc1)c1ccccc1. The topological polar surface area (TPSA) is 64.0 Å². The fourth-order valence-electron chi connectivity index (χ4n) is 4.02. The van der Waals surface area contributed by atoms with Gasteiger partial charge in [0.05, 0.1) is 28.4 Å². The number of nitrogens with one attached hydrogen (secondary N) is 1. The molecule has 178 valence electrons. The minimum Gasteiger partial charge on any atom is -0.344 e. The number of carbonyl (C=O) groups is 1. The number of fused-ring (bicyclic) bond motifs is 1. The van der Waals surface area contributed by atoms with Gasteiger partial charge in [-0.25, -0.2) is 4.98 Å². The van der Waals surface area contributed by atoms with E-state index in [9.17, 15) is 9.59 Å². The van der Waals surface area contributed by atoms with Crippen molar-refractivity contribution < 1.29 is 4.79 Å². The summed E-state index contributed by atoms with van der Waals surface area (Å²) in [5.41, 5.74) is 2.94. The van der Waals surface area contributed by atoms with Crippen LogP contribution in [0, 0.1) is 0 Å². The van der Waals surface area contributed by atoms with Crippen molar-refractivity contribution >= 4 is 40.2 Å². The van der Waals surface area contributed by atoms with Crippen molar-refractivity contribution in [3.05, 3.63) is 136 Å². The summed E-state index contributed by atoms with van der Waals surface area (Å²) in [6.07, 6.45) is 0. The number of benzene rings is 4. The fourth-order valence-corrected chi connectivity index (χ4v) is 5.01. The van der Waals surface area contributed by atoms with Gasteiger partial charge in [0.25, 0.3) is 5.56 Å². The molecule has 0 spiro atoms. The van der Waals surface area contributed by atoms with E-state index in [2.05, 4.69) is 5.32 Å². The number of hydrogen-bond donors (Lipinski definition) is 1. The van der Waals surface area contributed by atoms with Crippen LogP contribution >= 0.6 is 23.4 Å². The maximum Gasteiger partial charge on any atom is 0.266 e. The highest BCUT2D eigenvalue weighted by molar-refractivity contribution is 7.99. The van der Waals surface area contributed by atoms with Gasteiger partial charge in [0.1, 0.15) is 0 Å². The first-order valence-electron chi connectivity index (χ1n) is 11.4. The van der Waals surface area contributed by atoms with Crippen molar-refractivity contribution in [1.82, 2.24) is 14.9 Å². The Hall–Kier alpha value is -3.87. The van der Waals surface area contributed by atoms with E-state index in [1.165, 1.54) is 11.8 Å². The molecule has 0 bridgehead atoms. The standard InChI is InChI=1S/C29H22ClN3O2S/c30-22-16-17-24-25(18-22)31-29(33(28(24)35)23-14-8-3-9-15-23)36-19-26(34)32-27(20-10-4-1-5-11-20)21-12-6-2-7-13-21/h1-18,27H,19H2,(H,32,34). The second-order valence-electron chi connectivity index (χ2n) is 8.14. The highest BCUT2D eigenvalue weighted by Crippen LogP contribution is 2.25. The Balaban J connectivity index is 1.45. The van der Waals surface area contributed by atoms with E-state index in [1.54, 1.807) is 22.8 Å². The highest BCUT2D eigenvalue weighted by atomic mass is 35.5. The van der Waals surface area contributed by atoms with Gasteiger partial charge in [-0.15, -0.1) is 0 Å². The number of nitrogens with zero attached hydrogens (tertiary/aromatic N) is 2. The van der Waals surface area contributed by atoms with Gasteiger partial charge in [0.15, 0.2) is 5.16 Å². The molecule has 7 heteroatoms. The van der Waals surface area contributed by atoms with Crippen molar-refractivity contribution in [2.45, 2.75) is 11.2 Å². The first-order chi connectivity index (χ1) is 17.6. The molecule has 1 amide bonds. The molecule has 5 rings (SSSR count). The predicted octanol–water partition coefficient (Wildman–Crippen LogP) is 6.04. The zero-order valence-corrected chi connectivity index (χ0v) is 20.7. The molecule has 1 N–H and O–H groups in total. The predicted molar refractivity (Wildman–Crippen MR) is 146 cm³/mol. The smallest absolute Gasteiger partial charge is 0.266 e. The Morgan fingerprint density at radius 2 is 1.44 bits per heavy atom. The van der Waals surface area contributed by atoms with Gasteiger partial charge >= 0.3 is 0 Å². The van der Waals surface area contributed by atoms with Gasteiger partial charge in [-0.1, -0.05) is 102 Å². The molecule has 36 heavy (non-hydrogen) atoms. The van der Waals surface area contributed by atoms with Crippen LogP contribution in [-0.2, 0) is 4.79 Å². The monoisotopic (exact) mass is 511 g/mol. The lowest BCUT2D eigenvalue weighted by atomic mass is 9.99. The van der Waals surface area contributed by atoms with Crippen LogP contribution in [0.25, 0.3) is 16.6 Å². The van der Waals surface area contributed by atoms with Crippen molar-refractivity contribution in [3.8, 4) is 5.69 Å². The van der Waals surface area contributed by atoms with Gasteiger partial charge in [-0.05, 0) is 41.5 Å². The average Bonchev–Trinajstić information content (AvgIpc) is 2.92. The third-order valence-electron chi connectivity index (χ3n) is 5.72. The zero-order valence-electron chi connectivity index (χ0n) is 19.2. The number of aromatic nitrogens is 2. The molecule has 0 saturated carbocycles. The minimum atomic E-state index is -0.291. The number of amides is 1. The molecule has 0 fully saturated rings. The van der Waals surface area contributed by atoms with Crippen LogP contribution < -0.4 is 10.9 Å². The van der Waals surface area contributed by atoms with Gasteiger partial charge in [-0.3, -0.25) is 14.2 Å². The zero-order chi connectivity index (χ0) is 24.9. The van der Waals surface area contributed by atoms with Crippen LogP contribution in [0.3, 0.4) is 0 Å². The number of hydrogen-bond acceptors (Lipinski definition) is 4. The second-order valence-corrected chi connectivity index (χ2v) is 9.52. The van der Waals surface area contributed by atoms with Gasteiger partial charge < -0.3 is 5.32 Å². The summed E-state index contributed by atoms with van der Waals surface area (Å²) in [6.45, 7) is 0. The molecule has 5 nitrogen and oxygen atoms in total. The normalized spacial score (nSPS) is 11.1. The third-order valence-corrected chi connectivity index (χ3v) is 6.89. The van der Waals surface area contributed by atoms with E-state index in [-0.39, 0.29) is 23.3 Å². The number of halogens is 1. The van der Waals surface area contributed by atoms with E-state index in [0.717, 1.165) is 11.1 Å². The Morgan fingerprint density at radius 3 is 2.06 bits per heavy atom. The molecule has 4 aromatic carbocycles. The number of carbonyl (C=O) groups excluding carboxylic acids is 1. The van der Waals surface area contributed by atoms with Crippen molar-refractivity contribution in [3.63, 3.8) is 0 Å². The van der Waals surface area contributed by atoms with Gasteiger partial charge in [0.2, 0.25) is 5.91 Å².